The zero-order chi connectivity index (χ0) is 19.1. The van der Waals surface area contributed by atoms with E-state index < -0.39 is 11.9 Å². The van der Waals surface area contributed by atoms with Gasteiger partial charge in [0.15, 0.2) is 5.76 Å². The van der Waals surface area contributed by atoms with Gasteiger partial charge in [-0.1, -0.05) is 24.3 Å². The largest absolute Gasteiger partial charge is 0.489 e. The van der Waals surface area contributed by atoms with Crippen molar-refractivity contribution in [3.8, 4) is 5.75 Å². The van der Waals surface area contributed by atoms with Crippen LogP contribution in [0.1, 0.15) is 33.4 Å². The standard InChI is InChI=1S/C21H19NO5/c1-2-25-21(24)15-7-6-8-17(13-15)22-20(23)19-16(11-12-26-19)14-27-18-9-4-3-5-10-18/h3-13H,2,14H2,1H3,(H,22,23). The first-order valence-electron chi connectivity index (χ1n) is 8.50. The van der Waals surface area contributed by atoms with Crippen molar-refractivity contribution in [2.24, 2.45) is 0 Å². The van der Waals surface area contributed by atoms with Crippen molar-refractivity contribution < 1.29 is 23.5 Å². The number of carbonyl (C=O) groups excluding carboxylic acids is 2. The van der Waals surface area contributed by atoms with Crippen molar-refractivity contribution in [1.29, 1.82) is 0 Å². The lowest BCUT2D eigenvalue weighted by Gasteiger charge is -2.08. The molecule has 0 aliphatic carbocycles. The van der Waals surface area contributed by atoms with Crippen molar-refractivity contribution in [3.05, 3.63) is 83.8 Å². The highest BCUT2D eigenvalue weighted by atomic mass is 16.5. The number of nitrogens with one attached hydrogen (secondary N) is 1. The van der Waals surface area contributed by atoms with Crippen molar-refractivity contribution in [2.45, 2.75) is 13.5 Å². The molecule has 2 aromatic carbocycles. The minimum atomic E-state index is -0.441. The first-order valence-corrected chi connectivity index (χ1v) is 8.50. The van der Waals surface area contributed by atoms with Gasteiger partial charge in [0.2, 0.25) is 0 Å². The summed E-state index contributed by atoms with van der Waals surface area (Å²) in [6.45, 7) is 2.22. The third-order valence-electron chi connectivity index (χ3n) is 3.72. The fourth-order valence-electron chi connectivity index (χ4n) is 2.45. The van der Waals surface area contributed by atoms with Gasteiger partial charge < -0.3 is 19.2 Å². The Hall–Kier alpha value is -3.54. The molecule has 0 unspecified atom stereocenters. The summed E-state index contributed by atoms with van der Waals surface area (Å²) in [6.07, 6.45) is 1.44. The quantitative estimate of drug-likeness (QED) is 0.632. The number of benzene rings is 2. The second kappa shape index (κ2) is 8.71. The number of furan rings is 1. The maximum absolute atomic E-state index is 12.5. The number of para-hydroxylation sites is 1. The van der Waals surface area contributed by atoms with Gasteiger partial charge in [-0.15, -0.1) is 0 Å². The van der Waals surface area contributed by atoms with E-state index in [2.05, 4.69) is 5.32 Å². The molecule has 0 saturated heterocycles. The highest BCUT2D eigenvalue weighted by molar-refractivity contribution is 6.03. The van der Waals surface area contributed by atoms with Gasteiger partial charge in [-0.25, -0.2) is 4.79 Å². The van der Waals surface area contributed by atoms with Crippen LogP contribution in [0.2, 0.25) is 0 Å². The Labute approximate surface area is 156 Å². The lowest BCUT2D eigenvalue weighted by atomic mass is 10.2. The van der Waals surface area contributed by atoms with E-state index in [-0.39, 0.29) is 19.0 Å². The summed E-state index contributed by atoms with van der Waals surface area (Å²) < 4.78 is 16.0. The molecule has 6 heteroatoms. The van der Waals surface area contributed by atoms with Crippen molar-refractivity contribution in [3.63, 3.8) is 0 Å². The fraction of sp³-hybridized carbons (Fsp3) is 0.143. The fourth-order valence-corrected chi connectivity index (χ4v) is 2.45. The van der Waals surface area contributed by atoms with Crippen LogP contribution in [0.4, 0.5) is 5.69 Å². The molecule has 1 aromatic heterocycles. The summed E-state index contributed by atoms with van der Waals surface area (Å²) in [7, 11) is 0. The lowest BCUT2D eigenvalue weighted by molar-refractivity contribution is 0.0526. The summed E-state index contributed by atoms with van der Waals surface area (Å²) in [4.78, 5) is 24.4. The van der Waals surface area contributed by atoms with E-state index in [0.717, 1.165) is 0 Å². The molecule has 0 aliphatic heterocycles. The molecule has 27 heavy (non-hydrogen) atoms. The molecule has 0 atom stereocenters. The van der Waals surface area contributed by atoms with E-state index in [9.17, 15) is 9.59 Å². The predicted octanol–water partition coefficient (Wildman–Crippen LogP) is 4.29. The van der Waals surface area contributed by atoms with Crippen LogP contribution in [0.25, 0.3) is 0 Å². The van der Waals surface area contributed by atoms with Gasteiger partial charge in [0.25, 0.3) is 5.91 Å². The van der Waals surface area contributed by atoms with Gasteiger partial charge in [0, 0.05) is 11.3 Å². The number of amides is 1. The smallest absolute Gasteiger partial charge is 0.338 e. The van der Waals surface area contributed by atoms with E-state index in [1.807, 2.05) is 30.3 Å². The zero-order valence-corrected chi connectivity index (χ0v) is 14.8. The van der Waals surface area contributed by atoms with Crippen LogP contribution in [-0.4, -0.2) is 18.5 Å². The Kier molecular flexibility index (Phi) is 5.89. The van der Waals surface area contributed by atoms with Gasteiger partial charge in [-0.05, 0) is 43.3 Å². The molecular weight excluding hydrogens is 346 g/mol. The maximum Gasteiger partial charge on any atom is 0.338 e. The van der Waals surface area contributed by atoms with Gasteiger partial charge in [-0.2, -0.15) is 0 Å². The van der Waals surface area contributed by atoms with Crippen LogP contribution in [0.5, 0.6) is 5.75 Å². The summed E-state index contributed by atoms with van der Waals surface area (Å²) in [5.41, 5.74) is 1.46. The number of hydrogen-bond donors (Lipinski definition) is 1. The zero-order valence-electron chi connectivity index (χ0n) is 14.8. The molecule has 0 aliphatic rings. The normalized spacial score (nSPS) is 10.3. The van der Waals surface area contributed by atoms with Crippen LogP contribution in [0.15, 0.2) is 71.3 Å². The maximum atomic E-state index is 12.5. The lowest BCUT2D eigenvalue weighted by Crippen LogP contribution is -2.14. The van der Waals surface area contributed by atoms with Crippen LogP contribution in [0.3, 0.4) is 0 Å². The third-order valence-corrected chi connectivity index (χ3v) is 3.72. The minimum absolute atomic E-state index is 0.160. The third kappa shape index (κ3) is 4.76. The van der Waals surface area contributed by atoms with Crippen LogP contribution in [0, 0.1) is 0 Å². The highest BCUT2D eigenvalue weighted by Gasteiger charge is 2.17. The number of carbonyl (C=O) groups is 2. The molecule has 0 bridgehead atoms. The Balaban J connectivity index is 1.68. The number of rotatable bonds is 7. The molecule has 138 valence electrons. The predicted molar refractivity (Wildman–Crippen MR) is 99.8 cm³/mol. The van der Waals surface area contributed by atoms with Gasteiger partial charge >= 0.3 is 5.97 Å². The second-order valence-corrected chi connectivity index (χ2v) is 5.63. The molecule has 6 nitrogen and oxygen atoms in total. The topological polar surface area (TPSA) is 77.8 Å². The number of hydrogen-bond acceptors (Lipinski definition) is 5. The molecule has 3 rings (SSSR count). The van der Waals surface area contributed by atoms with Crippen molar-refractivity contribution in [1.82, 2.24) is 0 Å². The van der Waals surface area contributed by atoms with Gasteiger partial charge in [0.05, 0.1) is 18.4 Å². The summed E-state index contributed by atoms with van der Waals surface area (Å²) in [6, 6.07) is 17.5. The Morgan fingerprint density at radius 2 is 1.85 bits per heavy atom. The molecule has 0 spiro atoms. The highest BCUT2D eigenvalue weighted by Crippen LogP contribution is 2.18. The van der Waals surface area contributed by atoms with E-state index >= 15 is 0 Å². The van der Waals surface area contributed by atoms with Crippen molar-refractivity contribution >= 4 is 17.6 Å². The SMILES string of the molecule is CCOC(=O)c1cccc(NC(=O)c2occc2COc2ccccc2)c1. The summed E-state index contributed by atoms with van der Waals surface area (Å²) in [5.74, 6) is -0.00381. The molecule has 0 saturated carbocycles. The van der Waals surface area contributed by atoms with E-state index in [1.165, 1.54) is 6.26 Å². The Morgan fingerprint density at radius 1 is 1.04 bits per heavy atom. The molecule has 1 heterocycles. The summed E-state index contributed by atoms with van der Waals surface area (Å²) >= 11 is 0. The molecule has 0 fully saturated rings. The van der Waals surface area contributed by atoms with Gasteiger partial charge in [-0.3, -0.25) is 4.79 Å². The molecule has 3 aromatic rings. The Bertz CT molecular complexity index is 917. The van der Waals surface area contributed by atoms with Crippen LogP contribution < -0.4 is 10.1 Å². The van der Waals surface area contributed by atoms with Crippen molar-refractivity contribution in [2.75, 3.05) is 11.9 Å². The first-order chi connectivity index (χ1) is 13.2. The van der Waals surface area contributed by atoms with Crippen LogP contribution in [-0.2, 0) is 11.3 Å². The molecule has 1 amide bonds. The molecular formula is C21H19NO5. The number of esters is 1. The minimum Gasteiger partial charge on any atom is -0.489 e. The number of anilines is 1. The summed E-state index contributed by atoms with van der Waals surface area (Å²) in [5, 5.41) is 2.72. The second-order valence-electron chi connectivity index (χ2n) is 5.63. The molecule has 1 N–H and O–H groups in total. The monoisotopic (exact) mass is 365 g/mol. The van der Waals surface area contributed by atoms with Gasteiger partial charge in [0.1, 0.15) is 12.4 Å². The van der Waals surface area contributed by atoms with E-state index in [0.29, 0.717) is 22.6 Å². The van der Waals surface area contributed by atoms with E-state index in [4.69, 9.17) is 13.9 Å². The van der Waals surface area contributed by atoms with E-state index in [1.54, 1.807) is 37.3 Å². The van der Waals surface area contributed by atoms with Crippen LogP contribution >= 0.6 is 0 Å². The first kappa shape index (κ1) is 18.3. The number of ether oxygens (including phenoxy) is 2. The average Bonchev–Trinajstić information content (AvgIpc) is 3.16. The Morgan fingerprint density at radius 3 is 2.63 bits per heavy atom. The molecule has 0 radical (unpaired) electrons. The average molecular weight is 365 g/mol.